The van der Waals surface area contributed by atoms with Crippen molar-refractivity contribution in [2.24, 2.45) is 17.6 Å². The summed E-state index contributed by atoms with van der Waals surface area (Å²) in [5, 5.41) is 0. The van der Waals surface area contributed by atoms with Crippen molar-refractivity contribution in [3.05, 3.63) is 0 Å². The van der Waals surface area contributed by atoms with Crippen molar-refractivity contribution in [2.45, 2.75) is 24.8 Å². The van der Waals surface area contributed by atoms with Gasteiger partial charge in [0.15, 0.2) is 0 Å². The fourth-order valence-electron chi connectivity index (χ4n) is 1.65. The first-order valence-corrected chi connectivity index (χ1v) is 5.42. The molecule has 0 aromatic rings. The number of hydrogen-bond donors (Lipinski definition) is 1. The summed E-state index contributed by atoms with van der Waals surface area (Å²) in [6.45, 7) is 0.626. The van der Waals surface area contributed by atoms with E-state index in [1.54, 1.807) is 0 Å². The van der Waals surface area contributed by atoms with Crippen molar-refractivity contribution < 1.29 is 13.2 Å². The summed E-state index contributed by atoms with van der Waals surface area (Å²) in [5.41, 5.74) is 1.39. The highest BCUT2D eigenvalue weighted by molar-refractivity contribution is 8.00. The second-order valence-corrected chi connectivity index (χ2v) is 4.58. The van der Waals surface area contributed by atoms with Crippen molar-refractivity contribution in [2.75, 3.05) is 12.3 Å². The maximum Gasteiger partial charge on any atom is 0.441 e. The third-order valence-corrected chi connectivity index (χ3v) is 3.40. The molecule has 5 heteroatoms. The normalized spacial score (nSPS) is 28.6. The van der Waals surface area contributed by atoms with Crippen LogP contribution in [0.1, 0.15) is 19.3 Å². The van der Waals surface area contributed by atoms with E-state index in [1.807, 2.05) is 0 Å². The lowest BCUT2D eigenvalue weighted by Gasteiger charge is -2.35. The van der Waals surface area contributed by atoms with E-state index in [1.165, 1.54) is 0 Å². The van der Waals surface area contributed by atoms with Gasteiger partial charge in [-0.05, 0) is 37.6 Å². The molecule has 1 aliphatic carbocycles. The van der Waals surface area contributed by atoms with Gasteiger partial charge in [0.05, 0.1) is 0 Å². The predicted octanol–water partition coefficient (Wildman–Crippen LogP) is 2.61. The summed E-state index contributed by atoms with van der Waals surface area (Å²) in [6, 6.07) is 0. The Kier molecular flexibility index (Phi) is 3.91. The Morgan fingerprint density at radius 3 is 2.23 bits per heavy atom. The Hall–Kier alpha value is 0.100. The van der Waals surface area contributed by atoms with Gasteiger partial charge in [-0.1, -0.05) is 11.8 Å². The Morgan fingerprint density at radius 1 is 1.23 bits per heavy atom. The summed E-state index contributed by atoms with van der Waals surface area (Å²) in [6.07, 6.45) is 2.81. The number of nitrogens with two attached hydrogens (primary N) is 1. The third kappa shape index (κ3) is 3.77. The Balaban J connectivity index is 2.06. The van der Waals surface area contributed by atoms with Crippen LogP contribution in [-0.2, 0) is 0 Å². The highest BCUT2D eigenvalue weighted by Crippen LogP contribution is 2.39. The zero-order chi connectivity index (χ0) is 9.90. The van der Waals surface area contributed by atoms with E-state index >= 15 is 0 Å². The fourth-order valence-corrected chi connectivity index (χ4v) is 2.31. The molecule has 2 unspecified atom stereocenters. The van der Waals surface area contributed by atoms with Crippen LogP contribution in [0.5, 0.6) is 0 Å². The summed E-state index contributed by atoms with van der Waals surface area (Å²) >= 11 is 0.0829. The molecule has 0 amide bonds. The van der Waals surface area contributed by atoms with E-state index in [2.05, 4.69) is 0 Å². The monoisotopic (exact) mass is 213 g/mol. The molecule has 0 aromatic carbocycles. The molecule has 0 aliphatic heterocycles. The molecule has 0 radical (unpaired) electrons. The molecule has 1 rings (SSSR count). The van der Waals surface area contributed by atoms with E-state index < -0.39 is 5.51 Å². The van der Waals surface area contributed by atoms with Crippen molar-refractivity contribution in [3.63, 3.8) is 0 Å². The summed E-state index contributed by atoms with van der Waals surface area (Å²) < 4.78 is 35.2. The molecule has 2 atom stereocenters. The van der Waals surface area contributed by atoms with Crippen LogP contribution >= 0.6 is 11.8 Å². The summed E-state index contributed by atoms with van der Waals surface area (Å²) in [7, 11) is 0. The minimum absolute atomic E-state index is 0.0829. The Morgan fingerprint density at radius 2 is 1.85 bits per heavy atom. The second-order valence-electron chi connectivity index (χ2n) is 3.42. The number of alkyl halides is 3. The highest BCUT2D eigenvalue weighted by atomic mass is 32.2. The van der Waals surface area contributed by atoms with E-state index in [9.17, 15) is 13.2 Å². The molecule has 78 valence electrons. The SMILES string of the molecule is NCC1CCC1CCSC(F)(F)F. The van der Waals surface area contributed by atoms with Crippen LogP contribution in [0.15, 0.2) is 0 Å². The van der Waals surface area contributed by atoms with E-state index in [0.717, 1.165) is 12.8 Å². The van der Waals surface area contributed by atoms with Gasteiger partial charge in [0, 0.05) is 5.75 Å². The Bertz CT molecular complexity index is 158. The van der Waals surface area contributed by atoms with Crippen molar-refractivity contribution in [1.29, 1.82) is 0 Å². The van der Waals surface area contributed by atoms with Crippen LogP contribution in [0.3, 0.4) is 0 Å². The zero-order valence-electron chi connectivity index (χ0n) is 7.31. The number of thioether (sulfide) groups is 1. The second kappa shape index (κ2) is 4.55. The maximum atomic E-state index is 11.7. The van der Waals surface area contributed by atoms with Gasteiger partial charge in [0.2, 0.25) is 0 Å². The molecule has 1 aliphatic rings. The van der Waals surface area contributed by atoms with E-state index in [4.69, 9.17) is 5.73 Å². The van der Waals surface area contributed by atoms with Gasteiger partial charge >= 0.3 is 5.51 Å². The molecule has 1 fully saturated rings. The standard InChI is InChI=1S/C8H14F3NS/c9-8(10,11)13-4-3-6-1-2-7(6)5-12/h6-7H,1-5,12H2. The topological polar surface area (TPSA) is 26.0 Å². The minimum Gasteiger partial charge on any atom is -0.330 e. The lowest BCUT2D eigenvalue weighted by atomic mass is 9.72. The molecular weight excluding hydrogens is 199 g/mol. The van der Waals surface area contributed by atoms with Crippen molar-refractivity contribution >= 4 is 11.8 Å². The van der Waals surface area contributed by atoms with Gasteiger partial charge in [-0.25, -0.2) is 0 Å². The van der Waals surface area contributed by atoms with Gasteiger partial charge in [-0.3, -0.25) is 0 Å². The van der Waals surface area contributed by atoms with Crippen LogP contribution < -0.4 is 5.73 Å². The smallest absolute Gasteiger partial charge is 0.330 e. The van der Waals surface area contributed by atoms with E-state index in [0.29, 0.717) is 24.8 Å². The van der Waals surface area contributed by atoms with Gasteiger partial charge in [0.1, 0.15) is 0 Å². The quantitative estimate of drug-likeness (QED) is 0.776. The molecule has 0 heterocycles. The molecule has 13 heavy (non-hydrogen) atoms. The molecule has 0 saturated heterocycles. The van der Waals surface area contributed by atoms with Crippen molar-refractivity contribution in [3.8, 4) is 0 Å². The molecule has 1 nitrogen and oxygen atoms in total. The zero-order valence-corrected chi connectivity index (χ0v) is 8.13. The largest absolute Gasteiger partial charge is 0.441 e. The first kappa shape index (κ1) is 11.2. The molecule has 0 aromatic heterocycles. The fraction of sp³-hybridized carbons (Fsp3) is 1.00. The lowest BCUT2D eigenvalue weighted by Crippen LogP contribution is -2.32. The lowest BCUT2D eigenvalue weighted by molar-refractivity contribution is -0.0329. The van der Waals surface area contributed by atoms with Crippen molar-refractivity contribution in [1.82, 2.24) is 0 Å². The average molecular weight is 213 g/mol. The molecule has 0 spiro atoms. The summed E-state index contributed by atoms with van der Waals surface area (Å²) in [5.74, 6) is 1.11. The average Bonchev–Trinajstić information content (AvgIpc) is 1.95. The van der Waals surface area contributed by atoms with Gasteiger partial charge < -0.3 is 5.73 Å². The van der Waals surface area contributed by atoms with Crippen LogP contribution in [-0.4, -0.2) is 17.8 Å². The van der Waals surface area contributed by atoms with Crippen LogP contribution in [0.4, 0.5) is 13.2 Å². The predicted molar refractivity (Wildman–Crippen MR) is 48.4 cm³/mol. The van der Waals surface area contributed by atoms with Gasteiger partial charge in [-0.2, -0.15) is 13.2 Å². The number of hydrogen-bond acceptors (Lipinski definition) is 2. The number of rotatable bonds is 4. The van der Waals surface area contributed by atoms with Crippen LogP contribution in [0.2, 0.25) is 0 Å². The van der Waals surface area contributed by atoms with Gasteiger partial charge in [0.25, 0.3) is 0 Å². The van der Waals surface area contributed by atoms with Crippen LogP contribution in [0.25, 0.3) is 0 Å². The molecule has 1 saturated carbocycles. The minimum atomic E-state index is -4.07. The first-order chi connectivity index (χ1) is 6.03. The van der Waals surface area contributed by atoms with E-state index in [-0.39, 0.29) is 17.5 Å². The van der Waals surface area contributed by atoms with Crippen LogP contribution in [0, 0.1) is 11.8 Å². The summed E-state index contributed by atoms with van der Waals surface area (Å²) in [4.78, 5) is 0. The molecule has 2 N–H and O–H groups in total. The Labute approximate surface area is 80.2 Å². The first-order valence-electron chi connectivity index (χ1n) is 4.43. The number of halogens is 3. The maximum absolute atomic E-state index is 11.7. The highest BCUT2D eigenvalue weighted by Gasteiger charge is 2.32. The van der Waals surface area contributed by atoms with Gasteiger partial charge in [-0.15, -0.1) is 0 Å². The molecular formula is C8H14F3NS. The third-order valence-electron chi connectivity index (χ3n) is 2.63. The molecule has 0 bridgehead atoms.